The van der Waals surface area contributed by atoms with Crippen molar-refractivity contribution in [3.8, 4) is 11.5 Å². The third-order valence-corrected chi connectivity index (χ3v) is 7.63. The maximum atomic E-state index is 13.7. The monoisotopic (exact) mass is 616 g/mol. The van der Waals surface area contributed by atoms with E-state index >= 15 is 0 Å². The number of amides is 3. The minimum absolute atomic E-state index is 0.0585. The van der Waals surface area contributed by atoms with Crippen molar-refractivity contribution in [2.45, 2.75) is 26.3 Å². The number of ether oxygens (including phenoxy) is 3. The Balaban J connectivity index is 1.78. The zero-order valence-electron chi connectivity index (χ0n) is 23.4. The van der Waals surface area contributed by atoms with E-state index in [1.54, 1.807) is 26.5 Å². The van der Waals surface area contributed by atoms with Gasteiger partial charge in [-0.2, -0.15) is 8.42 Å². The number of methoxy groups -OCH3 is 2. The van der Waals surface area contributed by atoms with E-state index < -0.39 is 22.2 Å². The van der Waals surface area contributed by atoms with Crippen LogP contribution in [0.2, 0.25) is 0 Å². The Morgan fingerprint density at radius 3 is 2.36 bits per heavy atom. The molecule has 2 aromatic carbocycles. The lowest BCUT2D eigenvalue weighted by molar-refractivity contribution is 0.0740. The first kappa shape index (κ1) is 32.1. The average molecular weight is 617 g/mol. The smallest absolute Gasteiger partial charge is 0.422 e. The van der Waals surface area contributed by atoms with Crippen LogP contribution in [0.5, 0.6) is 11.5 Å². The lowest BCUT2D eigenvalue weighted by atomic mass is 10.1. The molecule has 0 atom stereocenters. The van der Waals surface area contributed by atoms with Crippen molar-refractivity contribution in [2.24, 2.45) is 0 Å². The molecule has 0 saturated carbocycles. The van der Waals surface area contributed by atoms with Gasteiger partial charge in [0.05, 0.1) is 20.8 Å². The summed E-state index contributed by atoms with van der Waals surface area (Å²) >= 11 is 1.08. The number of aromatic nitrogens is 1. The minimum Gasteiger partial charge on any atom is -0.496 e. The van der Waals surface area contributed by atoms with Crippen LogP contribution >= 0.6 is 11.3 Å². The Bertz CT molecular complexity index is 1500. The molecule has 3 aromatic rings. The minimum atomic E-state index is -4.56. The molecule has 3 rings (SSSR count). The SMILES string of the molecule is C=CCOC(=O)NS(=O)(=O)NC(=O)c1csc(CN(CCCc2ccccc2)C(=O)c2cc(OC)c(C)c(OC)c2)n1. The number of nitrogens with one attached hydrogen (secondary N) is 2. The van der Waals surface area contributed by atoms with Crippen molar-refractivity contribution in [2.75, 3.05) is 27.4 Å². The number of aryl methyl sites for hydroxylation is 1. The van der Waals surface area contributed by atoms with Crippen molar-refractivity contribution in [3.63, 3.8) is 0 Å². The summed E-state index contributed by atoms with van der Waals surface area (Å²) in [4.78, 5) is 43.6. The molecule has 14 heteroatoms. The maximum absolute atomic E-state index is 13.7. The van der Waals surface area contributed by atoms with E-state index in [9.17, 15) is 22.8 Å². The molecule has 0 aliphatic rings. The van der Waals surface area contributed by atoms with E-state index in [0.717, 1.165) is 28.9 Å². The number of hydrogen-bond acceptors (Lipinski definition) is 10. The van der Waals surface area contributed by atoms with Crippen LogP contribution in [0.3, 0.4) is 0 Å². The molecule has 0 bridgehead atoms. The lowest BCUT2D eigenvalue weighted by Crippen LogP contribution is -2.43. The van der Waals surface area contributed by atoms with Gasteiger partial charge in [-0.25, -0.2) is 19.2 Å². The summed E-state index contributed by atoms with van der Waals surface area (Å²) in [7, 11) is -1.54. The number of carbonyl (C=O) groups excluding carboxylic acids is 3. The molecule has 0 saturated heterocycles. The molecule has 0 aliphatic heterocycles. The average Bonchev–Trinajstić information content (AvgIpc) is 3.44. The maximum Gasteiger partial charge on any atom is 0.422 e. The van der Waals surface area contributed by atoms with Crippen LogP contribution in [0.25, 0.3) is 0 Å². The first-order valence-electron chi connectivity index (χ1n) is 12.7. The molecule has 0 aliphatic carbocycles. The topological polar surface area (TPSA) is 153 Å². The fraction of sp³-hybridized carbons (Fsp3) is 0.286. The number of benzene rings is 2. The van der Waals surface area contributed by atoms with E-state index in [1.165, 1.54) is 25.7 Å². The predicted octanol–water partition coefficient (Wildman–Crippen LogP) is 3.63. The third-order valence-electron chi connectivity index (χ3n) is 5.91. The van der Waals surface area contributed by atoms with Crippen LogP contribution in [0.1, 0.15) is 43.4 Å². The zero-order chi connectivity index (χ0) is 30.7. The van der Waals surface area contributed by atoms with Gasteiger partial charge in [0, 0.05) is 23.1 Å². The zero-order valence-corrected chi connectivity index (χ0v) is 25.0. The first-order valence-corrected chi connectivity index (χ1v) is 15.1. The Morgan fingerprint density at radius 2 is 1.74 bits per heavy atom. The fourth-order valence-corrected chi connectivity index (χ4v) is 5.35. The summed E-state index contributed by atoms with van der Waals surface area (Å²) in [5.41, 5.74) is 2.03. The van der Waals surface area contributed by atoms with Gasteiger partial charge < -0.3 is 19.1 Å². The van der Waals surface area contributed by atoms with Gasteiger partial charge in [-0.3, -0.25) is 9.59 Å². The van der Waals surface area contributed by atoms with Gasteiger partial charge in [-0.05, 0) is 37.5 Å². The Hall–Kier alpha value is -4.43. The first-order chi connectivity index (χ1) is 20.1. The molecule has 224 valence electrons. The summed E-state index contributed by atoms with van der Waals surface area (Å²) in [6, 6.07) is 13.1. The van der Waals surface area contributed by atoms with Crippen LogP contribution in [-0.4, -0.2) is 63.6 Å². The van der Waals surface area contributed by atoms with Gasteiger partial charge in [0.2, 0.25) is 0 Å². The third kappa shape index (κ3) is 9.04. The number of nitrogens with zero attached hydrogens (tertiary/aromatic N) is 2. The number of rotatable bonds is 14. The van der Waals surface area contributed by atoms with Crippen LogP contribution in [0, 0.1) is 6.92 Å². The summed E-state index contributed by atoms with van der Waals surface area (Å²) < 4.78 is 42.9. The highest BCUT2D eigenvalue weighted by atomic mass is 32.2. The normalized spacial score (nSPS) is 10.8. The van der Waals surface area contributed by atoms with E-state index in [0.29, 0.717) is 35.0 Å². The predicted molar refractivity (Wildman–Crippen MR) is 157 cm³/mol. The molecule has 42 heavy (non-hydrogen) atoms. The lowest BCUT2D eigenvalue weighted by Gasteiger charge is -2.23. The van der Waals surface area contributed by atoms with Crippen molar-refractivity contribution >= 4 is 39.5 Å². The molecular formula is C28H32N4O8S2. The quantitative estimate of drug-likeness (QED) is 0.259. The number of carbonyl (C=O) groups is 3. The van der Waals surface area contributed by atoms with Crippen molar-refractivity contribution < 1.29 is 37.0 Å². The van der Waals surface area contributed by atoms with E-state index in [4.69, 9.17) is 9.47 Å². The van der Waals surface area contributed by atoms with Crippen LogP contribution in [0.15, 0.2) is 60.5 Å². The molecule has 0 spiro atoms. The second-order valence-corrected chi connectivity index (χ2v) is 11.2. The van der Waals surface area contributed by atoms with Gasteiger partial charge in [0.25, 0.3) is 11.8 Å². The highest BCUT2D eigenvalue weighted by molar-refractivity contribution is 7.88. The standard InChI is InChI=1S/C28H32N4O8S2/c1-5-14-40-28(35)31-42(36,37)30-26(33)22-18-41-25(29-22)17-32(13-9-12-20-10-7-6-8-11-20)27(34)21-15-23(38-3)19(2)24(16-21)39-4/h5-8,10-11,15-16,18H,1,9,12-14,17H2,2-4H3,(H,30,33)(H,31,35). The number of hydrogen-bond donors (Lipinski definition) is 2. The Morgan fingerprint density at radius 1 is 1.07 bits per heavy atom. The highest BCUT2D eigenvalue weighted by Crippen LogP contribution is 2.30. The fourth-order valence-electron chi connectivity index (χ4n) is 3.89. The summed E-state index contributed by atoms with van der Waals surface area (Å²) in [6.45, 7) is 5.39. The van der Waals surface area contributed by atoms with Crippen molar-refractivity contribution in [1.29, 1.82) is 0 Å². The van der Waals surface area contributed by atoms with Crippen LogP contribution in [0.4, 0.5) is 4.79 Å². The molecule has 12 nitrogen and oxygen atoms in total. The van der Waals surface area contributed by atoms with Gasteiger partial charge in [-0.15, -0.1) is 11.3 Å². The molecule has 0 fully saturated rings. The number of thiazole rings is 1. The van der Waals surface area contributed by atoms with Gasteiger partial charge >= 0.3 is 16.3 Å². The Labute approximate surface area is 248 Å². The summed E-state index contributed by atoms with van der Waals surface area (Å²) in [5, 5.41) is 1.76. The summed E-state index contributed by atoms with van der Waals surface area (Å²) in [5.74, 6) is -0.362. The second-order valence-electron chi connectivity index (χ2n) is 8.87. The van der Waals surface area contributed by atoms with Crippen molar-refractivity contribution in [1.82, 2.24) is 19.3 Å². The molecule has 1 aromatic heterocycles. The van der Waals surface area contributed by atoms with Gasteiger partial charge in [-0.1, -0.05) is 43.0 Å². The molecule has 0 radical (unpaired) electrons. The second kappa shape index (κ2) is 15.0. The van der Waals surface area contributed by atoms with Crippen LogP contribution < -0.4 is 18.9 Å². The summed E-state index contributed by atoms with van der Waals surface area (Å²) in [6.07, 6.45) is 1.36. The van der Waals surface area contributed by atoms with Gasteiger partial charge in [0.15, 0.2) is 0 Å². The molecule has 0 unspecified atom stereocenters. The van der Waals surface area contributed by atoms with Gasteiger partial charge in [0.1, 0.15) is 28.8 Å². The largest absolute Gasteiger partial charge is 0.496 e. The van der Waals surface area contributed by atoms with E-state index in [1.807, 2.05) is 37.3 Å². The molecule has 3 amide bonds. The van der Waals surface area contributed by atoms with Crippen LogP contribution in [-0.2, 0) is 27.9 Å². The van der Waals surface area contributed by atoms with E-state index in [2.05, 4.69) is 16.3 Å². The van der Waals surface area contributed by atoms with Crippen molar-refractivity contribution in [3.05, 3.63) is 87.9 Å². The van der Waals surface area contributed by atoms with E-state index in [-0.39, 0.29) is 24.8 Å². The molecular weight excluding hydrogens is 584 g/mol. The molecule has 1 heterocycles. The Kier molecular flexibility index (Phi) is 11.4. The highest BCUT2D eigenvalue weighted by Gasteiger charge is 2.24. The molecule has 2 N–H and O–H groups in total.